The molecule has 0 aliphatic carbocycles. The molecule has 0 fully saturated rings. The molecule has 0 atom stereocenters. The molecule has 0 radical (unpaired) electrons. The first-order valence-corrected chi connectivity index (χ1v) is 6.75. The Morgan fingerprint density at radius 3 is 2.05 bits per heavy atom. The van der Waals surface area contributed by atoms with Gasteiger partial charge in [-0.2, -0.15) is 0 Å². The van der Waals surface area contributed by atoms with E-state index in [1.165, 1.54) is 4.90 Å². The molecular formula is C16H25NO3. The van der Waals surface area contributed by atoms with Gasteiger partial charge in [0.15, 0.2) is 0 Å². The zero-order chi connectivity index (χ0) is 15.6. The monoisotopic (exact) mass is 279 g/mol. The van der Waals surface area contributed by atoms with Crippen LogP contribution in [0.2, 0.25) is 0 Å². The van der Waals surface area contributed by atoms with E-state index >= 15 is 0 Å². The van der Waals surface area contributed by atoms with Crippen molar-refractivity contribution >= 4 is 5.91 Å². The van der Waals surface area contributed by atoms with E-state index in [1.807, 2.05) is 20.8 Å². The van der Waals surface area contributed by atoms with Gasteiger partial charge in [0.25, 0.3) is 5.91 Å². The highest BCUT2D eigenvalue weighted by molar-refractivity contribution is 5.94. The number of aliphatic hydroxyl groups is 1. The first-order valence-electron chi connectivity index (χ1n) is 6.75. The Hall–Kier alpha value is -1.55. The Morgan fingerprint density at radius 1 is 1.15 bits per heavy atom. The number of rotatable bonds is 4. The Labute approximate surface area is 121 Å². The standard InChI is InChI=1S/C16H25NO3/c1-15(2,3)20-13-9-7-12(8-10-13)14(18)17(6)11-16(4,5)19/h7-10,19H,11H2,1-6H3. The summed E-state index contributed by atoms with van der Waals surface area (Å²) in [5.74, 6) is 0.619. The Kier molecular flexibility index (Phi) is 4.81. The van der Waals surface area contributed by atoms with Gasteiger partial charge < -0.3 is 14.7 Å². The zero-order valence-corrected chi connectivity index (χ0v) is 13.2. The summed E-state index contributed by atoms with van der Waals surface area (Å²) in [5, 5.41) is 9.74. The van der Waals surface area contributed by atoms with Crippen molar-refractivity contribution in [3.8, 4) is 5.75 Å². The average Bonchev–Trinajstić information content (AvgIpc) is 2.24. The van der Waals surface area contributed by atoms with Crippen molar-refractivity contribution in [2.75, 3.05) is 13.6 Å². The molecule has 0 heterocycles. The number of carbonyl (C=O) groups excluding carboxylic acids is 1. The minimum Gasteiger partial charge on any atom is -0.488 e. The SMILES string of the molecule is CN(CC(C)(C)O)C(=O)c1ccc(OC(C)(C)C)cc1. The van der Waals surface area contributed by atoms with E-state index in [2.05, 4.69) is 0 Å². The van der Waals surface area contributed by atoms with E-state index in [-0.39, 0.29) is 18.1 Å². The minimum atomic E-state index is -0.903. The number of ether oxygens (including phenoxy) is 1. The largest absolute Gasteiger partial charge is 0.488 e. The molecule has 0 unspecified atom stereocenters. The van der Waals surface area contributed by atoms with E-state index in [0.717, 1.165) is 5.75 Å². The van der Waals surface area contributed by atoms with Gasteiger partial charge in [0.2, 0.25) is 0 Å². The molecule has 112 valence electrons. The quantitative estimate of drug-likeness (QED) is 0.922. The van der Waals surface area contributed by atoms with Crippen molar-refractivity contribution in [3.63, 3.8) is 0 Å². The van der Waals surface area contributed by atoms with E-state index in [0.29, 0.717) is 5.56 Å². The van der Waals surface area contributed by atoms with Crippen LogP contribution in [-0.2, 0) is 0 Å². The second-order valence-corrected chi connectivity index (χ2v) is 6.71. The predicted molar refractivity (Wildman–Crippen MR) is 80.1 cm³/mol. The van der Waals surface area contributed by atoms with Crippen LogP contribution < -0.4 is 4.74 Å². The van der Waals surface area contributed by atoms with Crippen molar-refractivity contribution in [1.29, 1.82) is 0 Å². The summed E-state index contributed by atoms with van der Waals surface area (Å²) in [4.78, 5) is 13.7. The van der Waals surface area contributed by atoms with Gasteiger partial charge in [-0.25, -0.2) is 0 Å². The molecule has 0 aliphatic rings. The van der Waals surface area contributed by atoms with Crippen molar-refractivity contribution in [1.82, 2.24) is 4.90 Å². The van der Waals surface area contributed by atoms with Gasteiger partial charge in [-0.1, -0.05) is 0 Å². The van der Waals surface area contributed by atoms with Crippen LogP contribution in [0.15, 0.2) is 24.3 Å². The molecule has 0 bridgehead atoms. The molecule has 0 aromatic heterocycles. The molecule has 1 aromatic rings. The van der Waals surface area contributed by atoms with Gasteiger partial charge >= 0.3 is 0 Å². The Balaban J connectivity index is 2.76. The molecule has 1 aromatic carbocycles. The maximum absolute atomic E-state index is 12.2. The number of benzene rings is 1. The molecule has 0 saturated heterocycles. The average molecular weight is 279 g/mol. The Bertz CT molecular complexity index is 452. The molecular weight excluding hydrogens is 254 g/mol. The van der Waals surface area contributed by atoms with Crippen LogP contribution in [0, 0.1) is 0 Å². The van der Waals surface area contributed by atoms with Gasteiger partial charge in [0.1, 0.15) is 11.4 Å². The van der Waals surface area contributed by atoms with Crippen LogP contribution in [-0.4, -0.2) is 40.7 Å². The molecule has 20 heavy (non-hydrogen) atoms. The van der Waals surface area contributed by atoms with Crippen molar-refractivity contribution < 1.29 is 14.6 Å². The zero-order valence-electron chi connectivity index (χ0n) is 13.2. The van der Waals surface area contributed by atoms with Crippen LogP contribution in [0.25, 0.3) is 0 Å². The predicted octanol–water partition coefficient (Wildman–Crippen LogP) is 2.71. The summed E-state index contributed by atoms with van der Waals surface area (Å²) < 4.78 is 5.71. The summed E-state index contributed by atoms with van der Waals surface area (Å²) in [6.07, 6.45) is 0. The van der Waals surface area contributed by atoms with Crippen LogP contribution in [0.3, 0.4) is 0 Å². The number of amides is 1. The topological polar surface area (TPSA) is 49.8 Å². The van der Waals surface area contributed by atoms with Crippen molar-refractivity contribution in [2.45, 2.75) is 45.8 Å². The summed E-state index contributed by atoms with van der Waals surface area (Å²) in [6.45, 7) is 9.57. The lowest BCUT2D eigenvalue weighted by atomic mass is 10.1. The van der Waals surface area contributed by atoms with Crippen LogP contribution >= 0.6 is 0 Å². The van der Waals surface area contributed by atoms with Crippen LogP contribution in [0.5, 0.6) is 5.75 Å². The summed E-state index contributed by atoms with van der Waals surface area (Å²) in [5.41, 5.74) is -0.582. The molecule has 0 aliphatic heterocycles. The van der Waals surface area contributed by atoms with E-state index in [9.17, 15) is 9.90 Å². The molecule has 1 rings (SSSR count). The molecule has 0 saturated carbocycles. The highest BCUT2D eigenvalue weighted by Gasteiger charge is 2.20. The fourth-order valence-corrected chi connectivity index (χ4v) is 1.89. The third-order valence-electron chi connectivity index (χ3n) is 2.50. The first-order chi connectivity index (χ1) is 8.98. The summed E-state index contributed by atoms with van der Waals surface area (Å²) in [6, 6.07) is 7.06. The van der Waals surface area contributed by atoms with Gasteiger partial charge in [-0.3, -0.25) is 4.79 Å². The van der Waals surface area contributed by atoms with Crippen LogP contribution in [0.1, 0.15) is 45.0 Å². The molecule has 4 nitrogen and oxygen atoms in total. The maximum Gasteiger partial charge on any atom is 0.253 e. The number of nitrogens with zero attached hydrogens (tertiary/aromatic N) is 1. The minimum absolute atomic E-state index is 0.116. The third-order valence-corrected chi connectivity index (χ3v) is 2.50. The molecule has 0 spiro atoms. The van der Waals surface area contributed by atoms with E-state index in [4.69, 9.17) is 4.74 Å². The summed E-state index contributed by atoms with van der Waals surface area (Å²) >= 11 is 0. The number of hydrogen-bond acceptors (Lipinski definition) is 3. The number of likely N-dealkylation sites (N-methyl/N-ethyl adjacent to an activating group) is 1. The lowest BCUT2D eigenvalue weighted by molar-refractivity contribution is 0.0368. The summed E-state index contributed by atoms with van der Waals surface area (Å²) in [7, 11) is 1.68. The molecule has 1 N–H and O–H groups in total. The van der Waals surface area contributed by atoms with Crippen molar-refractivity contribution in [3.05, 3.63) is 29.8 Å². The fraction of sp³-hybridized carbons (Fsp3) is 0.562. The van der Waals surface area contributed by atoms with Gasteiger partial charge in [-0.05, 0) is 58.9 Å². The fourth-order valence-electron chi connectivity index (χ4n) is 1.89. The second kappa shape index (κ2) is 5.83. The second-order valence-electron chi connectivity index (χ2n) is 6.71. The van der Waals surface area contributed by atoms with Crippen molar-refractivity contribution in [2.24, 2.45) is 0 Å². The Morgan fingerprint density at radius 2 is 1.65 bits per heavy atom. The highest BCUT2D eigenvalue weighted by atomic mass is 16.5. The highest BCUT2D eigenvalue weighted by Crippen LogP contribution is 2.19. The first kappa shape index (κ1) is 16.5. The molecule has 4 heteroatoms. The third kappa shape index (κ3) is 5.61. The van der Waals surface area contributed by atoms with Gasteiger partial charge in [-0.15, -0.1) is 0 Å². The molecule has 1 amide bonds. The lowest BCUT2D eigenvalue weighted by Crippen LogP contribution is -2.39. The maximum atomic E-state index is 12.2. The van der Waals surface area contributed by atoms with Gasteiger partial charge in [0.05, 0.1) is 5.60 Å². The van der Waals surface area contributed by atoms with E-state index in [1.54, 1.807) is 45.2 Å². The number of hydrogen-bond donors (Lipinski definition) is 1. The van der Waals surface area contributed by atoms with E-state index < -0.39 is 5.60 Å². The van der Waals surface area contributed by atoms with Crippen LogP contribution in [0.4, 0.5) is 0 Å². The van der Waals surface area contributed by atoms with Gasteiger partial charge in [0, 0.05) is 19.2 Å². The number of carbonyl (C=O) groups is 1. The normalized spacial score (nSPS) is 12.2. The smallest absolute Gasteiger partial charge is 0.253 e. The lowest BCUT2D eigenvalue weighted by Gasteiger charge is -2.26.